The Labute approximate surface area is 105 Å². The Morgan fingerprint density at radius 3 is 2.94 bits per heavy atom. The van der Waals surface area contributed by atoms with Crippen molar-refractivity contribution in [2.45, 2.75) is 19.4 Å². The van der Waals surface area contributed by atoms with Gasteiger partial charge in [0.05, 0.1) is 11.7 Å². The van der Waals surface area contributed by atoms with Gasteiger partial charge in [-0.3, -0.25) is 0 Å². The lowest BCUT2D eigenvalue weighted by atomic mass is 10.2. The second kappa shape index (κ2) is 6.35. The molecule has 0 fully saturated rings. The van der Waals surface area contributed by atoms with Gasteiger partial charge in [0.15, 0.2) is 0 Å². The van der Waals surface area contributed by atoms with Crippen LogP contribution in [0.2, 0.25) is 0 Å². The first-order valence-corrected chi connectivity index (χ1v) is 5.49. The van der Waals surface area contributed by atoms with E-state index in [0.29, 0.717) is 17.9 Å². The van der Waals surface area contributed by atoms with Crippen molar-refractivity contribution in [2.75, 3.05) is 12.3 Å². The number of nitrogens with zero attached hydrogens (tertiary/aromatic N) is 1. The maximum absolute atomic E-state index is 10.5. The summed E-state index contributed by atoms with van der Waals surface area (Å²) >= 11 is 0. The summed E-state index contributed by atoms with van der Waals surface area (Å²) in [6, 6.07) is 6.55. The monoisotopic (exact) mass is 249 g/mol. The third-order valence-electron chi connectivity index (χ3n) is 2.43. The molecule has 18 heavy (non-hydrogen) atoms. The summed E-state index contributed by atoms with van der Waals surface area (Å²) in [4.78, 5) is 10.5. The molecular weight excluding hydrogens is 234 g/mol. The van der Waals surface area contributed by atoms with Gasteiger partial charge in [-0.1, -0.05) is 13.0 Å². The molecule has 0 saturated carbocycles. The highest BCUT2D eigenvalue weighted by Gasteiger charge is 2.12. The largest absolute Gasteiger partial charge is 0.490 e. The normalized spacial score (nSPS) is 11.3. The third-order valence-corrected chi connectivity index (χ3v) is 2.43. The highest BCUT2D eigenvalue weighted by molar-refractivity contribution is 5.65. The Balaban J connectivity index is 2.71. The molecule has 0 heterocycles. The molecule has 0 aliphatic carbocycles. The van der Waals surface area contributed by atoms with Crippen LogP contribution in [0.5, 0.6) is 5.75 Å². The summed E-state index contributed by atoms with van der Waals surface area (Å²) in [5.41, 5.74) is 6.25. The first kappa shape index (κ1) is 13.6. The quantitative estimate of drug-likeness (QED) is 0.686. The molecule has 1 unspecified atom stereocenters. The predicted octanol–water partition coefficient (Wildman–Crippen LogP) is 1.57. The molecule has 0 radical (unpaired) electrons. The fourth-order valence-electron chi connectivity index (χ4n) is 1.41. The number of nitrogen functional groups attached to an aromatic ring is 1. The van der Waals surface area contributed by atoms with Crippen LogP contribution < -0.4 is 15.8 Å². The minimum atomic E-state index is -1.10. The van der Waals surface area contributed by atoms with Crippen LogP contribution in [0.1, 0.15) is 18.9 Å². The highest BCUT2D eigenvalue weighted by Crippen LogP contribution is 2.23. The van der Waals surface area contributed by atoms with Gasteiger partial charge in [-0.15, -0.1) is 0 Å². The molecule has 4 N–H and O–H groups in total. The Morgan fingerprint density at radius 1 is 1.67 bits per heavy atom. The van der Waals surface area contributed by atoms with Crippen molar-refractivity contribution in [3.8, 4) is 11.8 Å². The zero-order valence-corrected chi connectivity index (χ0v) is 10.0. The summed E-state index contributed by atoms with van der Waals surface area (Å²) in [7, 11) is 0. The van der Waals surface area contributed by atoms with Gasteiger partial charge < -0.3 is 20.9 Å². The minimum Gasteiger partial charge on any atom is -0.490 e. The molecule has 0 saturated heterocycles. The Kier molecular flexibility index (Phi) is 4.81. The Morgan fingerprint density at radius 2 is 2.39 bits per heavy atom. The van der Waals surface area contributed by atoms with E-state index in [1.165, 1.54) is 0 Å². The van der Waals surface area contributed by atoms with Gasteiger partial charge in [-0.2, -0.15) is 5.26 Å². The molecule has 1 rings (SSSR count). The summed E-state index contributed by atoms with van der Waals surface area (Å²) in [6.07, 6.45) is -0.505. The fraction of sp³-hybridized carbons (Fsp3) is 0.333. The molecule has 6 heteroatoms. The number of anilines is 1. The standard InChI is InChI=1S/C12H15N3O3/c1-2-8(15-12(16)17)7-18-11-5-3-4-10(14)9(11)6-13/h3-5,8,15H,2,7,14H2,1H3,(H,16,17). The lowest BCUT2D eigenvalue weighted by molar-refractivity contribution is 0.180. The van der Waals surface area contributed by atoms with Crippen molar-refractivity contribution in [3.63, 3.8) is 0 Å². The molecule has 0 aromatic heterocycles. The maximum Gasteiger partial charge on any atom is 0.404 e. The minimum absolute atomic E-state index is 0.154. The molecule has 0 aliphatic rings. The van der Waals surface area contributed by atoms with Crippen LogP contribution in [0.3, 0.4) is 0 Å². The van der Waals surface area contributed by atoms with Gasteiger partial charge in [-0.25, -0.2) is 4.79 Å². The van der Waals surface area contributed by atoms with E-state index in [1.807, 2.05) is 13.0 Å². The molecule has 1 atom stereocenters. The number of rotatable bonds is 5. The van der Waals surface area contributed by atoms with Crippen molar-refractivity contribution >= 4 is 11.8 Å². The summed E-state index contributed by atoms with van der Waals surface area (Å²) in [5.74, 6) is 0.364. The smallest absolute Gasteiger partial charge is 0.404 e. The van der Waals surface area contributed by atoms with Crippen LogP contribution in [0.4, 0.5) is 10.5 Å². The molecule has 96 valence electrons. The van der Waals surface area contributed by atoms with Crippen LogP contribution >= 0.6 is 0 Å². The molecule has 6 nitrogen and oxygen atoms in total. The number of benzene rings is 1. The van der Waals surface area contributed by atoms with E-state index in [2.05, 4.69) is 5.32 Å². The number of carbonyl (C=O) groups is 1. The second-order valence-corrected chi connectivity index (χ2v) is 3.70. The average molecular weight is 249 g/mol. The third kappa shape index (κ3) is 3.56. The molecule has 1 aromatic rings. The number of ether oxygens (including phenoxy) is 1. The van der Waals surface area contributed by atoms with E-state index in [4.69, 9.17) is 20.8 Å². The lowest BCUT2D eigenvalue weighted by Gasteiger charge is -2.16. The van der Waals surface area contributed by atoms with Gasteiger partial charge in [-0.05, 0) is 18.6 Å². The van der Waals surface area contributed by atoms with E-state index in [1.54, 1.807) is 18.2 Å². The van der Waals surface area contributed by atoms with Gasteiger partial charge in [0, 0.05) is 0 Å². The predicted molar refractivity (Wildman–Crippen MR) is 66.3 cm³/mol. The number of hydrogen-bond acceptors (Lipinski definition) is 4. The second-order valence-electron chi connectivity index (χ2n) is 3.70. The topological polar surface area (TPSA) is 108 Å². The SMILES string of the molecule is CCC(COc1cccc(N)c1C#N)NC(=O)O. The summed E-state index contributed by atoms with van der Waals surface area (Å²) in [6.45, 7) is 2.00. The van der Waals surface area contributed by atoms with Crippen LogP contribution in [-0.2, 0) is 0 Å². The number of carboxylic acid groups (broad SMARTS) is 1. The molecular formula is C12H15N3O3. The summed E-state index contributed by atoms with van der Waals surface area (Å²) < 4.78 is 5.43. The van der Waals surface area contributed by atoms with E-state index in [0.717, 1.165) is 0 Å². The first-order chi connectivity index (χ1) is 8.58. The molecule has 1 aromatic carbocycles. The number of amides is 1. The number of hydrogen-bond donors (Lipinski definition) is 3. The molecule has 0 bridgehead atoms. The van der Waals surface area contributed by atoms with Crippen molar-refractivity contribution in [2.24, 2.45) is 0 Å². The lowest BCUT2D eigenvalue weighted by Crippen LogP contribution is -2.37. The van der Waals surface area contributed by atoms with Crippen molar-refractivity contribution in [3.05, 3.63) is 23.8 Å². The first-order valence-electron chi connectivity index (χ1n) is 5.49. The number of nitrogens with one attached hydrogen (secondary N) is 1. The van der Waals surface area contributed by atoms with Crippen LogP contribution in [0.15, 0.2) is 18.2 Å². The van der Waals surface area contributed by atoms with Gasteiger partial charge in [0.25, 0.3) is 0 Å². The zero-order chi connectivity index (χ0) is 13.5. The van der Waals surface area contributed by atoms with Crippen LogP contribution in [0, 0.1) is 11.3 Å². The number of nitrogens with two attached hydrogens (primary N) is 1. The van der Waals surface area contributed by atoms with Crippen molar-refractivity contribution in [1.29, 1.82) is 5.26 Å². The van der Waals surface area contributed by atoms with E-state index >= 15 is 0 Å². The maximum atomic E-state index is 10.5. The molecule has 0 aliphatic heterocycles. The van der Waals surface area contributed by atoms with Crippen molar-refractivity contribution < 1.29 is 14.6 Å². The average Bonchev–Trinajstić information content (AvgIpc) is 2.34. The van der Waals surface area contributed by atoms with Crippen LogP contribution in [-0.4, -0.2) is 23.8 Å². The highest BCUT2D eigenvalue weighted by atomic mass is 16.5. The number of nitriles is 1. The van der Waals surface area contributed by atoms with Gasteiger partial charge in [0.1, 0.15) is 24.0 Å². The summed E-state index contributed by atoms with van der Waals surface area (Å²) in [5, 5.41) is 19.9. The van der Waals surface area contributed by atoms with Gasteiger partial charge >= 0.3 is 6.09 Å². The van der Waals surface area contributed by atoms with E-state index in [9.17, 15) is 4.79 Å². The molecule has 1 amide bonds. The Bertz CT molecular complexity index is 468. The van der Waals surface area contributed by atoms with Crippen molar-refractivity contribution in [1.82, 2.24) is 5.32 Å². The molecule has 0 spiro atoms. The van der Waals surface area contributed by atoms with E-state index < -0.39 is 6.09 Å². The Hall–Kier alpha value is -2.42. The zero-order valence-electron chi connectivity index (χ0n) is 10.0. The van der Waals surface area contributed by atoms with Gasteiger partial charge in [0.2, 0.25) is 0 Å². The van der Waals surface area contributed by atoms with E-state index in [-0.39, 0.29) is 18.2 Å². The van der Waals surface area contributed by atoms with Crippen LogP contribution in [0.25, 0.3) is 0 Å². The fourth-order valence-corrected chi connectivity index (χ4v) is 1.41.